The number of thioether (sulfide) groups is 1. The standard InChI is InChI=1S/C20H17N3OS2/c1-13-18(19(24)21-15-10-6-7-11-17(15)25-2)26-20-22-16(12-23(13)20)14-8-4-3-5-9-14/h3-12H,1-2H3,(H,21,24). The largest absolute Gasteiger partial charge is 0.320 e. The van der Waals surface area contributed by atoms with Crippen LogP contribution < -0.4 is 5.32 Å². The van der Waals surface area contributed by atoms with Crippen molar-refractivity contribution >= 4 is 39.7 Å². The van der Waals surface area contributed by atoms with E-state index in [1.807, 2.05) is 78.4 Å². The minimum Gasteiger partial charge on any atom is -0.320 e. The van der Waals surface area contributed by atoms with Gasteiger partial charge in [0, 0.05) is 22.3 Å². The number of anilines is 1. The number of amides is 1. The number of para-hydroxylation sites is 1. The molecule has 0 aliphatic heterocycles. The van der Waals surface area contributed by atoms with Crippen molar-refractivity contribution in [3.8, 4) is 11.3 Å². The van der Waals surface area contributed by atoms with Crippen LogP contribution in [0.2, 0.25) is 0 Å². The average molecular weight is 380 g/mol. The molecule has 2 aromatic heterocycles. The van der Waals surface area contributed by atoms with Gasteiger partial charge in [-0.15, -0.1) is 11.8 Å². The summed E-state index contributed by atoms with van der Waals surface area (Å²) in [5, 5.41) is 3.03. The van der Waals surface area contributed by atoms with Gasteiger partial charge in [-0.05, 0) is 25.3 Å². The quantitative estimate of drug-likeness (QED) is 0.487. The number of fused-ring (bicyclic) bond motifs is 1. The summed E-state index contributed by atoms with van der Waals surface area (Å²) >= 11 is 3.03. The SMILES string of the molecule is CSc1ccccc1NC(=O)c1sc2nc(-c3ccccc3)cn2c1C. The Morgan fingerprint density at radius 1 is 1.12 bits per heavy atom. The number of carbonyl (C=O) groups is 1. The van der Waals surface area contributed by atoms with Crippen LogP contribution in [-0.2, 0) is 0 Å². The Bertz CT molecular complexity index is 1080. The van der Waals surface area contributed by atoms with E-state index in [1.165, 1.54) is 11.3 Å². The smallest absolute Gasteiger partial charge is 0.267 e. The molecule has 0 unspecified atom stereocenters. The molecule has 0 saturated carbocycles. The van der Waals surface area contributed by atoms with Crippen LogP contribution >= 0.6 is 23.1 Å². The van der Waals surface area contributed by atoms with Crippen molar-refractivity contribution in [2.45, 2.75) is 11.8 Å². The highest BCUT2D eigenvalue weighted by atomic mass is 32.2. The van der Waals surface area contributed by atoms with Crippen LogP contribution in [0.4, 0.5) is 5.69 Å². The monoisotopic (exact) mass is 379 g/mol. The van der Waals surface area contributed by atoms with Gasteiger partial charge in [0.1, 0.15) is 4.88 Å². The third kappa shape index (κ3) is 3.02. The summed E-state index contributed by atoms with van der Waals surface area (Å²) in [6.07, 6.45) is 3.99. The van der Waals surface area contributed by atoms with Gasteiger partial charge in [0.2, 0.25) is 0 Å². The fourth-order valence-electron chi connectivity index (χ4n) is 2.84. The summed E-state index contributed by atoms with van der Waals surface area (Å²) < 4.78 is 1.99. The van der Waals surface area contributed by atoms with Crippen LogP contribution in [0.1, 0.15) is 15.4 Å². The summed E-state index contributed by atoms with van der Waals surface area (Å²) in [7, 11) is 0. The number of aryl methyl sites for hydroxylation is 1. The van der Waals surface area contributed by atoms with E-state index in [9.17, 15) is 4.79 Å². The second-order valence-corrected chi connectivity index (χ2v) is 7.64. The van der Waals surface area contributed by atoms with E-state index in [1.54, 1.807) is 11.8 Å². The Balaban J connectivity index is 1.66. The molecule has 6 heteroatoms. The minimum absolute atomic E-state index is 0.0965. The molecule has 130 valence electrons. The first-order chi connectivity index (χ1) is 12.7. The van der Waals surface area contributed by atoms with Crippen molar-refractivity contribution in [2.75, 3.05) is 11.6 Å². The highest BCUT2D eigenvalue weighted by Gasteiger charge is 2.19. The van der Waals surface area contributed by atoms with Crippen LogP contribution in [0.3, 0.4) is 0 Å². The van der Waals surface area contributed by atoms with Crippen molar-refractivity contribution in [2.24, 2.45) is 0 Å². The second kappa shape index (κ2) is 6.97. The zero-order chi connectivity index (χ0) is 18.1. The van der Waals surface area contributed by atoms with Gasteiger partial charge in [-0.25, -0.2) is 4.98 Å². The molecule has 4 nitrogen and oxygen atoms in total. The second-order valence-electron chi connectivity index (χ2n) is 5.82. The lowest BCUT2D eigenvalue weighted by Gasteiger charge is -2.08. The zero-order valence-corrected chi connectivity index (χ0v) is 16.0. The number of imidazole rings is 1. The molecule has 2 aromatic carbocycles. The van der Waals surface area contributed by atoms with E-state index in [-0.39, 0.29) is 5.91 Å². The summed E-state index contributed by atoms with van der Waals surface area (Å²) in [6.45, 7) is 1.95. The van der Waals surface area contributed by atoms with Crippen molar-refractivity contribution in [3.05, 3.63) is 71.4 Å². The molecular weight excluding hydrogens is 362 g/mol. The molecule has 0 spiro atoms. The zero-order valence-electron chi connectivity index (χ0n) is 14.4. The number of nitrogens with one attached hydrogen (secondary N) is 1. The number of nitrogens with zero attached hydrogens (tertiary/aromatic N) is 2. The Morgan fingerprint density at radius 2 is 1.85 bits per heavy atom. The van der Waals surface area contributed by atoms with Gasteiger partial charge in [-0.2, -0.15) is 0 Å². The highest BCUT2D eigenvalue weighted by molar-refractivity contribution is 7.98. The van der Waals surface area contributed by atoms with Gasteiger partial charge in [0.15, 0.2) is 4.96 Å². The Hall–Kier alpha value is -2.57. The van der Waals surface area contributed by atoms with E-state index in [0.29, 0.717) is 4.88 Å². The molecule has 4 aromatic rings. The number of rotatable bonds is 4. The van der Waals surface area contributed by atoms with Gasteiger partial charge in [0.05, 0.1) is 11.4 Å². The third-order valence-electron chi connectivity index (χ3n) is 4.19. The van der Waals surface area contributed by atoms with E-state index in [4.69, 9.17) is 0 Å². The Labute approximate surface area is 159 Å². The summed E-state index contributed by atoms with van der Waals surface area (Å²) in [5.74, 6) is -0.0965. The number of carbonyl (C=O) groups excluding carboxylic acids is 1. The molecule has 1 N–H and O–H groups in total. The normalized spacial score (nSPS) is 11.0. The lowest BCUT2D eigenvalue weighted by atomic mass is 10.2. The first-order valence-corrected chi connectivity index (χ1v) is 10.2. The van der Waals surface area contributed by atoms with Crippen molar-refractivity contribution in [1.29, 1.82) is 0 Å². The van der Waals surface area contributed by atoms with Crippen molar-refractivity contribution in [3.63, 3.8) is 0 Å². The maximum atomic E-state index is 12.8. The lowest BCUT2D eigenvalue weighted by Crippen LogP contribution is -2.12. The molecule has 1 amide bonds. The fourth-order valence-corrected chi connectivity index (χ4v) is 4.39. The minimum atomic E-state index is -0.0965. The van der Waals surface area contributed by atoms with E-state index < -0.39 is 0 Å². The van der Waals surface area contributed by atoms with Gasteiger partial charge in [-0.3, -0.25) is 9.20 Å². The van der Waals surface area contributed by atoms with Crippen LogP contribution in [0.5, 0.6) is 0 Å². The fraction of sp³-hybridized carbons (Fsp3) is 0.100. The van der Waals surface area contributed by atoms with Crippen LogP contribution in [0.15, 0.2) is 65.7 Å². The lowest BCUT2D eigenvalue weighted by molar-refractivity contribution is 0.102. The molecular formula is C20H17N3OS2. The van der Waals surface area contributed by atoms with E-state index >= 15 is 0 Å². The molecule has 0 fully saturated rings. The molecule has 0 atom stereocenters. The topological polar surface area (TPSA) is 46.4 Å². The average Bonchev–Trinajstić information content (AvgIpc) is 3.22. The first-order valence-electron chi connectivity index (χ1n) is 8.15. The molecule has 0 aliphatic rings. The third-order valence-corrected chi connectivity index (χ3v) is 6.14. The summed E-state index contributed by atoms with van der Waals surface area (Å²) in [6, 6.07) is 17.9. The van der Waals surface area contributed by atoms with Crippen molar-refractivity contribution in [1.82, 2.24) is 9.38 Å². The molecule has 0 bridgehead atoms. The molecule has 0 saturated heterocycles. The molecule has 0 radical (unpaired) electrons. The van der Waals surface area contributed by atoms with Crippen LogP contribution in [-0.4, -0.2) is 21.5 Å². The molecule has 26 heavy (non-hydrogen) atoms. The number of hydrogen-bond acceptors (Lipinski definition) is 4. The number of aromatic nitrogens is 2. The van der Waals surface area contributed by atoms with Gasteiger partial charge < -0.3 is 5.32 Å². The van der Waals surface area contributed by atoms with Crippen LogP contribution in [0.25, 0.3) is 16.2 Å². The first kappa shape index (κ1) is 16.9. The van der Waals surface area contributed by atoms with Crippen LogP contribution in [0, 0.1) is 6.92 Å². The molecule has 0 aliphatic carbocycles. The highest BCUT2D eigenvalue weighted by Crippen LogP contribution is 2.29. The van der Waals surface area contributed by atoms with E-state index in [2.05, 4.69) is 10.3 Å². The Kier molecular flexibility index (Phi) is 4.53. The van der Waals surface area contributed by atoms with Crippen molar-refractivity contribution < 1.29 is 4.79 Å². The van der Waals surface area contributed by atoms with Gasteiger partial charge >= 0.3 is 0 Å². The van der Waals surface area contributed by atoms with Gasteiger partial charge in [-0.1, -0.05) is 53.8 Å². The predicted molar refractivity (Wildman–Crippen MR) is 109 cm³/mol. The maximum Gasteiger partial charge on any atom is 0.267 e. The molecule has 2 heterocycles. The summed E-state index contributed by atoms with van der Waals surface area (Å²) in [5.41, 5.74) is 3.72. The predicted octanol–water partition coefficient (Wildman–Crippen LogP) is 5.35. The van der Waals surface area contributed by atoms with E-state index in [0.717, 1.165) is 32.5 Å². The molecule has 4 rings (SSSR count). The summed E-state index contributed by atoms with van der Waals surface area (Å²) in [4.78, 5) is 20.0. The number of benzene rings is 2. The van der Waals surface area contributed by atoms with Gasteiger partial charge in [0.25, 0.3) is 5.91 Å². The number of thiazole rings is 1. The maximum absolute atomic E-state index is 12.8. The number of hydrogen-bond donors (Lipinski definition) is 1. The Morgan fingerprint density at radius 3 is 2.58 bits per heavy atom.